The molecule has 1 aliphatic carbocycles. The van der Waals surface area contributed by atoms with Crippen LogP contribution in [0.1, 0.15) is 26.7 Å². The number of hydrogen-bond acceptors (Lipinski definition) is 3. The summed E-state index contributed by atoms with van der Waals surface area (Å²) in [5.41, 5.74) is 1.98. The monoisotopic (exact) mass is 253 g/mol. The van der Waals surface area contributed by atoms with E-state index in [0.717, 1.165) is 12.8 Å². The Labute approximate surface area is 98.3 Å². The van der Waals surface area contributed by atoms with E-state index in [-0.39, 0.29) is 6.04 Å². The topological polar surface area (TPSA) is 58.4 Å². The summed E-state index contributed by atoms with van der Waals surface area (Å²) in [5, 5.41) is 0. The minimum atomic E-state index is -4.24. The molecule has 0 spiro atoms. The van der Waals surface area contributed by atoms with Gasteiger partial charge in [-0.25, -0.2) is 5.84 Å². The molecule has 0 bridgehead atoms. The number of nitrogens with two attached hydrogens (primary N) is 1. The van der Waals surface area contributed by atoms with Crippen LogP contribution in [-0.4, -0.2) is 35.6 Å². The number of amides is 1. The highest BCUT2D eigenvalue weighted by Crippen LogP contribution is 2.33. The molecule has 1 rings (SSSR count). The van der Waals surface area contributed by atoms with Gasteiger partial charge in [-0.15, -0.1) is 0 Å². The lowest BCUT2D eigenvalue weighted by atomic mass is 10.0. The minimum absolute atomic E-state index is 0.0559. The lowest BCUT2D eigenvalue weighted by Crippen LogP contribution is -2.49. The predicted molar refractivity (Wildman–Crippen MR) is 56.7 cm³/mol. The van der Waals surface area contributed by atoms with E-state index in [1.807, 2.05) is 5.43 Å². The lowest BCUT2D eigenvalue weighted by molar-refractivity contribution is -0.156. The van der Waals surface area contributed by atoms with Gasteiger partial charge >= 0.3 is 6.18 Å². The maximum Gasteiger partial charge on any atom is 0.401 e. The summed E-state index contributed by atoms with van der Waals surface area (Å²) < 4.78 is 37.3. The summed E-state index contributed by atoms with van der Waals surface area (Å²) >= 11 is 0. The Kier molecular flexibility index (Phi) is 4.37. The van der Waals surface area contributed by atoms with E-state index >= 15 is 0 Å². The second-order valence-electron chi connectivity index (χ2n) is 4.56. The molecule has 0 aromatic heterocycles. The van der Waals surface area contributed by atoms with Crippen LogP contribution in [-0.2, 0) is 4.79 Å². The molecule has 1 fully saturated rings. The SMILES string of the molecule is CC(C(=O)NN)C(C)N(CC(F)(F)F)C1CC1. The number of nitrogens with zero attached hydrogens (tertiary/aromatic N) is 1. The average molecular weight is 253 g/mol. The van der Waals surface area contributed by atoms with Gasteiger partial charge in [-0.2, -0.15) is 13.2 Å². The number of nitrogens with one attached hydrogen (secondary N) is 1. The molecule has 0 heterocycles. The van der Waals surface area contributed by atoms with E-state index in [4.69, 9.17) is 5.84 Å². The van der Waals surface area contributed by atoms with Crippen LogP contribution in [0.2, 0.25) is 0 Å². The number of alkyl halides is 3. The lowest BCUT2D eigenvalue weighted by Gasteiger charge is -2.32. The Morgan fingerprint density at radius 3 is 2.35 bits per heavy atom. The van der Waals surface area contributed by atoms with Crippen molar-refractivity contribution < 1.29 is 18.0 Å². The highest BCUT2D eigenvalue weighted by atomic mass is 19.4. The smallest absolute Gasteiger partial charge is 0.294 e. The minimum Gasteiger partial charge on any atom is -0.294 e. The summed E-state index contributed by atoms with van der Waals surface area (Å²) in [6.07, 6.45) is -2.72. The van der Waals surface area contributed by atoms with E-state index in [0.29, 0.717) is 0 Å². The van der Waals surface area contributed by atoms with Crippen LogP contribution in [0.15, 0.2) is 0 Å². The zero-order chi connectivity index (χ0) is 13.2. The second kappa shape index (κ2) is 5.22. The van der Waals surface area contributed by atoms with Crippen molar-refractivity contribution in [3.05, 3.63) is 0 Å². The number of rotatable bonds is 5. The zero-order valence-corrected chi connectivity index (χ0v) is 9.92. The third-order valence-corrected chi connectivity index (χ3v) is 3.18. The van der Waals surface area contributed by atoms with E-state index in [9.17, 15) is 18.0 Å². The van der Waals surface area contributed by atoms with Gasteiger partial charge in [0.15, 0.2) is 0 Å². The van der Waals surface area contributed by atoms with Crippen LogP contribution in [0.4, 0.5) is 13.2 Å². The molecule has 0 saturated heterocycles. The van der Waals surface area contributed by atoms with Crippen molar-refractivity contribution in [3.63, 3.8) is 0 Å². The fourth-order valence-corrected chi connectivity index (χ4v) is 1.86. The Balaban J connectivity index is 2.66. The number of halogens is 3. The van der Waals surface area contributed by atoms with Crippen molar-refractivity contribution in [2.45, 2.75) is 44.9 Å². The second-order valence-corrected chi connectivity index (χ2v) is 4.56. The van der Waals surface area contributed by atoms with Crippen molar-refractivity contribution in [2.75, 3.05) is 6.54 Å². The molecule has 0 aliphatic heterocycles. The average Bonchev–Trinajstić information content (AvgIpc) is 3.05. The first-order valence-electron chi connectivity index (χ1n) is 5.59. The third-order valence-electron chi connectivity index (χ3n) is 3.18. The third kappa shape index (κ3) is 4.16. The summed E-state index contributed by atoms with van der Waals surface area (Å²) in [6.45, 7) is 2.24. The van der Waals surface area contributed by atoms with Crippen LogP contribution in [0.25, 0.3) is 0 Å². The van der Waals surface area contributed by atoms with Crippen LogP contribution in [0.3, 0.4) is 0 Å². The Hall–Kier alpha value is -0.820. The van der Waals surface area contributed by atoms with Gasteiger partial charge in [-0.1, -0.05) is 6.92 Å². The van der Waals surface area contributed by atoms with Crippen LogP contribution >= 0.6 is 0 Å². The molecule has 1 amide bonds. The largest absolute Gasteiger partial charge is 0.401 e. The van der Waals surface area contributed by atoms with Crippen molar-refractivity contribution in [3.8, 4) is 0 Å². The normalized spacial score (nSPS) is 20.2. The Bertz CT molecular complexity index is 278. The van der Waals surface area contributed by atoms with Crippen LogP contribution in [0, 0.1) is 5.92 Å². The van der Waals surface area contributed by atoms with Crippen LogP contribution in [0.5, 0.6) is 0 Å². The summed E-state index contributed by atoms with van der Waals surface area (Å²) in [7, 11) is 0. The molecule has 100 valence electrons. The highest BCUT2D eigenvalue weighted by Gasteiger charge is 2.42. The molecule has 1 aliphatic rings. The van der Waals surface area contributed by atoms with Crippen molar-refractivity contribution in [1.29, 1.82) is 0 Å². The fraction of sp³-hybridized carbons (Fsp3) is 0.900. The van der Waals surface area contributed by atoms with Crippen LogP contribution < -0.4 is 11.3 Å². The zero-order valence-electron chi connectivity index (χ0n) is 9.92. The number of carbonyl (C=O) groups is 1. The van der Waals surface area contributed by atoms with E-state index in [1.165, 1.54) is 4.90 Å². The van der Waals surface area contributed by atoms with Gasteiger partial charge in [0.1, 0.15) is 0 Å². The van der Waals surface area contributed by atoms with Gasteiger partial charge in [0.2, 0.25) is 5.91 Å². The molecule has 2 atom stereocenters. The van der Waals surface area contributed by atoms with Crippen molar-refractivity contribution in [1.82, 2.24) is 10.3 Å². The van der Waals surface area contributed by atoms with Gasteiger partial charge in [0.05, 0.1) is 12.5 Å². The van der Waals surface area contributed by atoms with Gasteiger partial charge in [0, 0.05) is 12.1 Å². The van der Waals surface area contributed by atoms with Crippen molar-refractivity contribution >= 4 is 5.91 Å². The predicted octanol–water partition coefficient (Wildman–Crippen LogP) is 1.03. The highest BCUT2D eigenvalue weighted by molar-refractivity contribution is 5.78. The summed E-state index contributed by atoms with van der Waals surface area (Å²) in [6, 6.07) is -0.535. The molecule has 3 N–H and O–H groups in total. The molecule has 7 heteroatoms. The standard InChI is InChI=1S/C10H18F3N3O/c1-6(9(17)15-14)7(2)16(8-3-4-8)5-10(11,12)13/h6-8H,3-5,14H2,1-2H3,(H,15,17). The summed E-state index contributed by atoms with van der Waals surface area (Å²) in [5.74, 6) is 3.98. The first-order valence-corrected chi connectivity index (χ1v) is 5.59. The van der Waals surface area contributed by atoms with Gasteiger partial charge in [0.25, 0.3) is 0 Å². The van der Waals surface area contributed by atoms with Gasteiger partial charge in [-0.3, -0.25) is 15.1 Å². The molecular weight excluding hydrogens is 235 g/mol. The van der Waals surface area contributed by atoms with E-state index in [2.05, 4.69) is 0 Å². The van der Waals surface area contributed by atoms with Gasteiger partial charge in [-0.05, 0) is 19.8 Å². The Morgan fingerprint density at radius 2 is 2.00 bits per heavy atom. The molecule has 0 aromatic carbocycles. The molecule has 0 aromatic rings. The molecule has 17 heavy (non-hydrogen) atoms. The molecule has 4 nitrogen and oxygen atoms in total. The number of hydrazine groups is 1. The molecule has 0 radical (unpaired) electrons. The number of hydrogen-bond donors (Lipinski definition) is 2. The maximum atomic E-state index is 12.4. The maximum absolute atomic E-state index is 12.4. The first-order chi connectivity index (χ1) is 7.76. The summed E-state index contributed by atoms with van der Waals surface area (Å²) in [4.78, 5) is 12.7. The quantitative estimate of drug-likeness (QED) is 0.437. The van der Waals surface area contributed by atoms with E-state index < -0.39 is 30.6 Å². The Morgan fingerprint density at radius 1 is 1.47 bits per heavy atom. The fourth-order valence-electron chi connectivity index (χ4n) is 1.86. The molecule has 1 saturated carbocycles. The number of carbonyl (C=O) groups excluding carboxylic acids is 1. The molecule has 2 unspecified atom stereocenters. The molecular formula is C10H18F3N3O. The van der Waals surface area contributed by atoms with Crippen molar-refractivity contribution in [2.24, 2.45) is 11.8 Å². The van der Waals surface area contributed by atoms with E-state index in [1.54, 1.807) is 13.8 Å². The van der Waals surface area contributed by atoms with Gasteiger partial charge < -0.3 is 0 Å². The first kappa shape index (κ1) is 14.2.